The molecule has 0 bridgehead atoms. The Labute approximate surface area is 83.6 Å². The number of aromatic nitrogens is 2. The van der Waals surface area contributed by atoms with Gasteiger partial charge in [0, 0.05) is 18.1 Å². The lowest BCUT2D eigenvalue weighted by atomic mass is 10.2. The summed E-state index contributed by atoms with van der Waals surface area (Å²) in [5.74, 6) is 0. The summed E-state index contributed by atoms with van der Waals surface area (Å²) >= 11 is 0. The van der Waals surface area contributed by atoms with Crippen LogP contribution in [0.4, 0.5) is 0 Å². The van der Waals surface area contributed by atoms with E-state index in [0.717, 1.165) is 31.5 Å². The molecule has 2 aromatic rings. The molecule has 2 aromatic heterocycles. The molecule has 74 valence electrons. The normalized spacial score (nSPS) is 10.9. The summed E-state index contributed by atoms with van der Waals surface area (Å²) in [6.45, 7) is 0.775. The van der Waals surface area contributed by atoms with Crippen LogP contribution >= 0.6 is 0 Å². The van der Waals surface area contributed by atoms with Gasteiger partial charge in [0.25, 0.3) is 0 Å². The molecule has 2 rings (SSSR count). The van der Waals surface area contributed by atoms with Crippen molar-refractivity contribution in [2.24, 2.45) is 5.73 Å². The topological polar surface area (TPSA) is 43.3 Å². The molecule has 3 nitrogen and oxygen atoms in total. The zero-order valence-corrected chi connectivity index (χ0v) is 8.19. The highest BCUT2D eigenvalue weighted by Gasteiger charge is 2.00. The lowest BCUT2D eigenvalue weighted by Gasteiger charge is -2.00. The van der Waals surface area contributed by atoms with Gasteiger partial charge < -0.3 is 10.1 Å². The Morgan fingerprint density at radius 3 is 3.07 bits per heavy atom. The maximum absolute atomic E-state index is 5.46. The van der Waals surface area contributed by atoms with E-state index < -0.39 is 0 Å². The van der Waals surface area contributed by atoms with E-state index >= 15 is 0 Å². The number of aryl methyl sites for hydroxylation is 1. The SMILES string of the molecule is NCCCCc1cnc2ccccn12. The van der Waals surface area contributed by atoms with E-state index in [1.165, 1.54) is 5.69 Å². The highest BCUT2D eigenvalue weighted by Crippen LogP contribution is 2.08. The molecule has 3 heteroatoms. The third-order valence-corrected chi connectivity index (χ3v) is 2.38. The smallest absolute Gasteiger partial charge is 0.136 e. The lowest BCUT2D eigenvalue weighted by molar-refractivity contribution is 0.728. The average Bonchev–Trinajstić information content (AvgIpc) is 2.63. The number of imidazole rings is 1. The predicted octanol–water partition coefficient (Wildman–Crippen LogP) is 1.62. The average molecular weight is 189 g/mol. The van der Waals surface area contributed by atoms with Gasteiger partial charge >= 0.3 is 0 Å². The van der Waals surface area contributed by atoms with Crippen LogP contribution in [-0.2, 0) is 6.42 Å². The van der Waals surface area contributed by atoms with Gasteiger partial charge in [-0.05, 0) is 37.9 Å². The van der Waals surface area contributed by atoms with Crippen LogP contribution in [0, 0.1) is 0 Å². The van der Waals surface area contributed by atoms with Crippen molar-refractivity contribution in [3.8, 4) is 0 Å². The molecule has 14 heavy (non-hydrogen) atoms. The Balaban J connectivity index is 2.17. The molecule has 0 spiro atoms. The van der Waals surface area contributed by atoms with Gasteiger partial charge in [0.1, 0.15) is 5.65 Å². The standard InChI is InChI=1S/C11H15N3/c12-7-3-1-5-10-9-13-11-6-2-4-8-14(10)11/h2,4,6,8-9H,1,3,5,7,12H2. The molecular formula is C11H15N3. The molecule has 0 saturated heterocycles. The van der Waals surface area contributed by atoms with Crippen molar-refractivity contribution in [3.63, 3.8) is 0 Å². The van der Waals surface area contributed by atoms with E-state index in [0.29, 0.717) is 0 Å². The predicted molar refractivity (Wildman–Crippen MR) is 57.2 cm³/mol. The summed E-state index contributed by atoms with van der Waals surface area (Å²) < 4.78 is 2.14. The van der Waals surface area contributed by atoms with Crippen molar-refractivity contribution in [3.05, 3.63) is 36.3 Å². The molecule has 0 unspecified atom stereocenters. The fourth-order valence-corrected chi connectivity index (χ4v) is 1.62. The molecule has 2 N–H and O–H groups in total. The molecule has 0 aliphatic rings. The molecular weight excluding hydrogens is 174 g/mol. The van der Waals surface area contributed by atoms with Crippen molar-refractivity contribution in [2.45, 2.75) is 19.3 Å². The van der Waals surface area contributed by atoms with Gasteiger partial charge in [0.05, 0.1) is 0 Å². The number of nitrogens with two attached hydrogens (primary N) is 1. The van der Waals surface area contributed by atoms with Crippen LogP contribution in [0.5, 0.6) is 0 Å². The summed E-state index contributed by atoms with van der Waals surface area (Å²) in [5, 5.41) is 0. The van der Waals surface area contributed by atoms with Gasteiger partial charge in [0.2, 0.25) is 0 Å². The van der Waals surface area contributed by atoms with Gasteiger partial charge in [-0.3, -0.25) is 0 Å². The second-order valence-corrected chi connectivity index (χ2v) is 3.42. The Bertz CT molecular complexity index is 406. The van der Waals surface area contributed by atoms with Crippen molar-refractivity contribution in [1.82, 2.24) is 9.38 Å². The molecule has 0 saturated carbocycles. The Kier molecular flexibility index (Phi) is 2.79. The minimum atomic E-state index is 0.775. The zero-order valence-electron chi connectivity index (χ0n) is 8.19. The van der Waals surface area contributed by atoms with Crippen molar-refractivity contribution < 1.29 is 0 Å². The number of fused-ring (bicyclic) bond motifs is 1. The second-order valence-electron chi connectivity index (χ2n) is 3.42. The minimum absolute atomic E-state index is 0.775. The monoisotopic (exact) mass is 189 g/mol. The minimum Gasteiger partial charge on any atom is -0.330 e. The Hall–Kier alpha value is -1.35. The van der Waals surface area contributed by atoms with Crippen LogP contribution in [0.3, 0.4) is 0 Å². The van der Waals surface area contributed by atoms with Crippen LogP contribution in [-0.4, -0.2) is 15.9 Å². The largest absolute Gasteiger partial charge is 0.330 e. The first-order valence-electron chi connectivity index (χ1n) is 5.03. The van der Waals surface area contributed by atoms with E-state index in [1.54, 1.807) is 0 Å². The first-order valence-corrected chi connectivity index (χ1v) is 5.03. The summed E-state index contributed by atoms with van der Waals surface area (Å²) in [6, 6.07) is 6.06. The molecule has 0 fully saturated rings. The highest BCUT2D eigenvalue weighted by atomic mass is 15.0. The molecule has 0 radical (unpaired) electrons. The Morgan fingerprint density at radius 2 is 2.21 bits per heavy atom. The van der Waals surface area contributed by atoms with Gasteiger partial charge in [-0.25, -0.2) is 4.98 Å². The van der Waals surface area contributed by atoms with Crippen LogP contribution in [0.25, 0.3) is 5.65 Å². The highest BCUT2D eigenvalue weighted by molar-refractivity contribution is 5.39. The van der Waals surface area contributed by atoms with E-state index in [1.807, 2.05) is 24.4 Å². The number of unbranched alkanes of at least 4 members (excludes halogenated alkanes) is 1. The van der Waals surface area contributed by atoms with Gasteiger partial charge in [-0.2, -0.15) is 0 Å². The number of hydrogen-bond donors (Lipinski definition) is 1. The number of pyridine rings is 1. The molecule has 0 aliphatic carbocycles. The van der Waals surface area contributed by atoms with Crippen molar-refractivity contribution in [1.29, 1.82) is 0 Å². The van der Waals surface area contributed by atoms with E-state index in [-0.39, 0.29) is 0 Å². The van der Waals surface area contributed by atoms with E-state index in [9.17, 15) is 0 Å². The summed E-state index contributed by atoms with van der Waals surface area (Å²) in [6.07, 6.45) is 7.29. The number of hydrogen-bond acceptors (Lipinski definition) is 2. The van der Waals surface area contributed by atoms with Gasteiger partial charge in [-0.15, -0.1) is 0 Å². The second kappa shape index (κ2) is 4.24. The van der Waals surface area contributed by atoms with Crippen molar-refractivity contribution >= 4 is 5.65 Å². The molecule has 2 heterocycles. The van der Waals surface area contributed by atoms with Crippen LogP contribution < -0.4 is 5.73 Å². The van der Waals surface area contributed by atoms with Crippen LogP contribution in [0.2, 0.25) is 0 Å². The summed E-state index contributed by atoms with van der Waals surface area (Å²) in [4.78, 5) is 4.33. The van der Waals surface area contributed by atoms with Gasteiger partial charge in [-0.1, -0.05) is 6.07 Å². The number of rotatable bonds is 4. The molecule has 0 atom stereocenters. The fourth-order valence-electron chi connectivity index (χ4n) is 1.62. The van der Waals surface area contributed by atoms with E-state index in [2.05, 4.69) is 15.6 Å². The molecule has 0 aromatic carbocycles. The summed E-state index contributed by atoms with van der Waals surface area (Å²) in [5.41, 5.74) is 7.75. The van der Waals surface area contributed by atoms with Crippen LogP contribution in [0.1, 0.15) is 18.5 Å². The third-order valence-electron chi connectivity index (χ3n) is 2.38. The van der Waals surface area contributed by atoms with Crippen molar-refractivity contribution in [2.75, 3.05) is 6.54 Å². The maximum Gasteiger partial charge on any atom is 0.136 e. The first-order chi connectivity index (χ1) is 6.92. The van der Waals surface area contributed by atoms with E-state index in [4.69, 9.17) is 5.73 Å². The fraction of sp³-hybridized carbons (Fsp3) is 0.364. The lowest BCUT2D eigenvalue weighted by Crippen LogP contribution is -2.00. The van der Waals surface area contributed by atoms with Gasteiger partial charge in [0.15, 0.2) is 0 Å². The Morgan fingerprint density at radius 1 is 1.29 bits per heavy atom. The summed E-state index contributed by atoms with van der Waals surface area (Å²) in [7, 11) is 0. The zero-order chi connectivity index (χ0) is 9.80. The third kappa shape index (κ3) is 1.77. The van der Waals surface area contributed by atoms with Crippen LogP contribution in [0.15, 0.2) is 30.6 Å². The number of nitrogens with zero attached hydrogens (tertiary/aromatic N) is 2. The molecule has 0 aliphatic heterocycles. The molecule has 0 amide bonds. The maximum atomic E-state index is 5.46. The quantitative estimate of drug-likeness (QED) is 0.743. The first kappa shape index (κ1) is 9.21.